The first-order valence-electron chi connectivity index (χ1n) is 8.13. The lowest BCUT2D eigenvalue weighted by Gasteiger charge is -2.16. The molecule has 140 valence electrons. The molecule has 2 heterocycles. The Morgan fingerprint density at radius 3 is 2.78 bits per heavy atom. The maximum absolute atomic E-state index is 14.6. The number of ether oxygens (including phenoxy) is 1. The molecule has 1 aromatic carbocycles. The summed E-state index contributed by atoms with van der Waals surface area (Å²) >= 11 is 5.81. The summed E-state index contributed by atoms with van der Waals surface area (Å²) in [6.07, 6.45) is 3.03. The van der Waals surface area contributed by atoms with Crippen molar-refractivity contribution in [2.75, 3.05) is 12.4 Å². The third kappa shape index (κ3) is 3.61. The predicted octanol–water partition coefficient (Wildman–Crippen LogP) is 4.01. The highest BCUT2D eigenvalue weighted by Crippen LogP contribution is 2.38. The van der Waals surface area contributed by atoms with E-state index in [-0.39, 0.29) is 28.6 Å². The summed E-state index contributed by atoms with van der Waals surface area (Å²) < 4.78 is 21.7. The molecule has 0 unspecified atom stereocenters. The van der Waals surface area contributed by atoms with Gasteiger partial charge in [0, 0.05) is 19.7 Å². The zero-order chi connectivity index (χ0) is 19.6. The van der Waals surface area contributed by atoms with Gasteiger partial charge in [-0.15, -0.1) is 0 Å². The Morgan fingerprint density at radius 1 is 1.37 bits per heavy atom. The van der Waals surface area contributed by atoms with Gasteiger partial charge >= 0.3 is 0 Å². The van der Waals surface area contributed by atoms with Crippen molar-refractivity contribution < 1.29 is 13.9 Å². The Morgan fingerprint density at radius 2 is 2.15 bits per heavy atom. The van der Waals surface area contributed by atoms with E-state index in [0.29, 0.717) is 22.8 Å². The van der Waals surface area contributed by atoms with E-state index in [1.54, 1.807) is 43.2 Å². The molecule has 0 aliphatic carbocycles. The number of aromatic nitrogens is 4. The predicted molar refractivity (Wildman–Crippen MR) is 100 cm³/mol. The number of ketones is 1. The van der Waals surface area contributed by atoms with E-state index in [2.05, 4.69) is 20.4 Å². The average Bonchev–Trinajstić information content (AvgIpc) is 3.11. The number of anilines is 2. The van der Waals surface area contributed by atoms with Crippen molar-refractivity contribution in [3.05, 3.63) is 47.3 Å². The Labute approximate surface area is 160 Å². The lowest BCUT2D eigenvalue weighted by Crippen LogP contribution is -2.08. The number of aryl methyl sites for hydroxylation is 1. The maximum atomic E-state index is 14.6. The van der Waals surface area contributed by atoms with Crippen LogP contribution in [0.1, 0.15) is 23.7 Å². The number of Topliss-reactive ketones (excluding diaryl/α,β-unsaturated/α-hetero) is 1. The van der Waals surface area contributed by atoms with Crippen LogP contribution in [0, 0.1) is 5.82 Å². The number of methoxy groups -OCH3 is 1. The molecule has 0 bridgehead atoms. The van der Waals surface area contributed by atoms with Crippen LogP contribution in [0.5, 0.6) is 5.75 Å². The topological polar surface area (TPSA) is 81.9 Å². The number of carbonyl (C=O) groups excluding carboxylic acids is 1. The van der Waals surface area contributed by atoms with Gasteiger partial charge in [-0.3, -0.25) is 9.48 Å². The number of hydrogen-bond donors (Lipinski definition) is 1. The van der Waals surface area contributed by atoms with Crippen molar-refractivity contribution in [3.63, 3.8) is 0 Å². The Bertz CT molecular complexity index is 1010. The minimum Gasteiger partial charge on any atom is -0.494 e. The lowest BCUT2D eigenvalue weighted by atomic mass is 10.1. The second kappa shape index (κ2) is 7.71. The number of nitrogens with one attached hydrogen (secondary N) is 1. The molecule has 3 aromatic rings. The van der Waals surface area contributed by atoms with Crippen LogP contribution in [-0.4, -0.2) is 32.6 Å². The molecule has 0 fully saturated rings. The van der Waals surface area contributed by atoms with E-state index in [9.17, 15) is 9.18 Å². The fraction of sp³-hybridized carbons (Fsp3) is 0.222. The Hall–Kier alpha value is -3.00. The van der Waals surface area contributed by atoms with Gasteiger partial charge in [-0.05, 0) is 12.1 Å². The molecule has 0 aliphatic rings. The smallest absolute Gasteiger partial charge is 0.184 e. The van der Waals surface area contributed by atoms with E-state index in [1.165, 1.54) is 13.3 Å². The maximum Gasteiger partial charge on any atom is 0.184 e. The van der Waals surface area contributed by atoms with Crippen molar-refractivity contribution in [1.29, 1.82) is 0 Å². The fourth-order valence-corrected chi connectivity index (χ4v) is 2.76. The quantitative estimate of drug-likeness (QED) is 0.506. The molecule has 2 aromatic heterocycles. The first-order valence-corrected chi connectivity index (χ1v) is 8.51. The van der Waals surface area contributed by atoms with Crippen molar-refractivity contribution in [3.8, 4) is 17.1 Å². The molecule has 0 saturated carbocycles. The second-order valence-electron chi connectivity index (χ2n) is 5.68. The molecular formula is C18H17ClFN5O2. The number of nitrogens with zero attached hydrogens (tertiary/aromatic N) is 4. The van der Waals surface area contributed by atoms with Crippen molar-refractivity contribution in [2.45, 2.75) is 13.3 Å². The average molecular weight is 390 g/mol. The minimum atomic E-state index is -0.806. The van der Waals surface area contributed by atoms with Gasteiger partial charge in [0.25, 0.3) is 0 Å². The van der Waals surface area contributed by atoms with Gasteiger partial charge < -0.3 is 10.1 Å². The third-order valence-corrected chi connectivity index (χ3v) is 4.18. The van der Waals surface area contributed by atoms with Gasteiger partial charge in [-0.2, -0.15) is 5.10 Å². The highest BCUT2D eigenvalue weighted by atomic mass is 35.5. The molecule has 9 heteroatoms. The molecule has 0 amide bonds. The Balaban J connectivity index is 2.12. The fourth-order valence-electron chi connectivity index (χ4n) is 2.62. The minimum absolute atomic E-state index is 0.0497. The van der Waals surface area contributed by atoms with Crippen LogP contribution in [0.15, 0.2) is 30.7 Å². The van der Waals surface area contributed by atoms with Crippen LogP contribution in [0.25, 0.3) is 11.4 Å². The van der Waals surface area contributed by atoms with Crippen molar-refractivity contribution >= 4 is 28.8 Å². The van der Waals surface area contributed by atoms with Gasteiger partial charge in [0.15, 0.2) is 28.3 Å². The zero-order valence-electron chi connectivity index (χ0n) is 15.0. The largest absolute Gasteiger partial charge is 0.494 e. The van der Waals surface area contributed by atoms with E-state index in [0.717, 1.165) is 0 Å². The lowest BCUT2D eigenvalue weighted by molar-refractivity contribution is 0.0988. The molecule has 0 spiro atoms. The third-order valence-electron chi connectivity index (χ3n) is 3.92. The Kier molecular flexibility index (Phi) is 5.36. The van der Waals surface area contributed by atoms with Crippen LogP contribution in [0.3, 0.4) is 0 Å². The van der Waals surface area contributed by atoms with Crippen molar-refractivity contribution in [1.82, 2.24) is 19.7 Å². The van der Waals surface area contributed by atoms with E-state index in [4.69, 9.17) is 16.3 Å². The van der Waals surface area contributed by atoms with Gasteiger partial charge in [0.2, 0.25) is 0 Å². The molecule has 0 aliphatic heterocycles. The summed E-state index contributed by atoms with van der Waals surface area (Å²) in [5.74, 6) is -0.205. The summed E-state index contributed by atoms with van der Waals surface area (Å²) in [5.41, 5.74) is 1.12. The van der Waals surface area contributed by atoms with E-state index in [1.807, 2.05) is 0 Å². The van der Waals surface area contributed by atoms with Crippen LogP contribution in [-0.2, 0) is 7.05 Å². The van der Waals surface area contributed by atoms with Crippen LogP contribution >= 0.6 is 11.6 Å². The molecule has 7 nitrogen and oxygen atoms in total. The van der Waals surface area contributed by atoms with Crippen LogP contribution in [0.2, 0.25) is 5.15 Å². The number of benzene rings is 1. The van der Waals surface area contributed by atoms with E-state index >= 15 is 0 Å². The molecule has 0 radical (unpaired) electrons. The molecule has 1 N–H and O–H groups in total. The highest BCUT2D eigenvalue weighted by molar-refractivity contribution is 6.30. The van der Waals surface area contributed by atoms with Gasteiger partial charge in [-0.1, -0.05) is 24.6 Å². The van der Waals surface area contributed by atoms with Crippen LogP contribution < -0.4 is 10.1 Å². The summed E-state index contributed by atoms with van der Waals surface area (Å²) in [6.45, 7) is 1.69. The number of hydrogen-bond acceptors (Lipinski definition) is 6. The van der Waals surface area contributed by atoms with Gasteiger partial charge in [0.05, 0.1) is 29.6 Å². The number of halogens is 2. The number of para-hydroxylation sites is 1. The first-order chi connectivity index (χ1) is 13.0. The molecule has 0 saturated heterocycles. The molecular weight excluding hydrogens is 373 g/mol. The second-order valence-corrected chi connectivity index (χ2v) is 6.04. The SMILES string of the molecule is CCC(=O)c1cnc(Cl)c(F)c1Nc1cccc(-c2ncn(C)n2)c1OC. The standard InChI is InChI=1S/C18H17ClFN5O2/c1-4-13(26)11-8-21-17(19)14(20)15(11)23-12-7-5-6-10(16(12)27-3)18-22-9-25(2)24-18/h5-9H,4H2,1-3H3,(H,21,23). The first kappa shape index (κ1) is 18.8. The summed E-state index contributed by atoms with van der Waals surface area (Å²) in [7, 11) is 3.24. The number of pyridine rings is 1. The number of rotatable bonds is 6. The van der Waals surface area contributed by atoms with Crippen LogP contribution in [0.4, 0.5) is 15.8 Å². The van der Waals surface area contributed by atoms with Gasteiger partial charge in [0.1, 0.15) is 6.33 Å². The molecule has 3 rings (SSSR count). The number of carbonyl (C=O) groups is 1. The van der Waals surface area contributed by atoms with Gasteiger partial charge in [-0.25, -0.2) is 14.4 Å². The van der Waals surface area contributed by atoms with E-state index < -0.39 is 5.82 Å². The normalized spacial score (nSPS) is 10.7. The molecule has 27 heavy (non-hydrogen) atoms. The van der Waals surface area contributed by atoms with Crippen molar-refractivity contribution in [2.24, 2.45) is 7.05 Å². The molecule has 0 atom stereocenters. The monoisotopic (exact) mass is 389 g/mol. The highest BCUT2D eigenvalue weighted by Gasteiger charge is 2.21. The summed E-state index contributed by atoms with van der Waals surface area (Å²) in [4.78, 5) is 20.1. The zero-order valence-corrected chi connectivity index (χ0v) is 15.7. The summed E-state index contributed by atoms with van der Waals surface area (Å²) in [6, 6.07) is 5.23. The summed E-state index contributed by atoms with van der Waals surface area (Å²) in [5, 5.41) is 6.87.